The van der Waals surface area contributed by atoms with E-state index >= 15 is 0 Å². The summed E-state index contributed by atoms with van der Waals surface area (Å²) < 4.78 is 5.93. The molecule has 1 atom stereocenters. The van der Waals surface area contributed by atoms with Gasteiger partial charge in [-0.25, -0.2) is 4.98 Å². The molecular formula is C13H14N2O3S2. The Bertz CT molecular complexity index is 528. The van der Waals surface area contributed by atoms with Crippen molar-refractivity contribution in [1.82, 2.24) is 4.98 Å². The fourth-order valence-electron chi connectivity index (χ4n) is 1.37. The third-order valence-electron chi connectivity index (χ3n) is 2.24. The van der Waals surface area contributed by atoms with Crippen molar-refractivity contribution in [2.45, 2.75) is 15.7 Å². The van der Waals surface area contributed by atoms with Gasteiger partial charge in [0.25, 0.3) is 5.03 Å². The van der Waals surface area contributed by atoms with E-state index < -0.39 is 5.62 Å². The second-order valence-electron chi connectivity index (χ2n) is 3.68. The predicted molar refractivity (Wildman–Crippen MR) is 78.2 cm³/mol. The maximum absolute atomic E-state index is 11.4. The Morgan fingerprint density at radius 2 is 2.15 bits per heavy atom. The maximum atomic E-state index is 11.4. The second kappa shape index (κ2) is 8.11. The fraction of sp³-hybridized carbons (Fsp3) is 0.231. The monoisotopic (exact) mass is 310 g/mol. The van der Waals surface area contributed by atoms with Crippen molar-refractivity contribution in [3.63, 3.8) is 0 Å². The van der Waals surface area contributed by atoms with Gasteiger partial charge in [-0.2, -0.15) is 4.73 Å². The first-order valence-electron chi connectivity index (χ1n) is 5.94. The normalized spacial score (nSPS) is 12.2. The highest BCUT2D eigenvalue weighted by Crippen LogP contribution is 2.19. The molecule has 0 aliphatic carbocycles. The average Bonchev–Trinajstić information content (AvgIpc) is 2.47. The number of aromatic nitrogens is 2. The van der Waals surface area contributed by atoms with Crippen molar-refractivity contribution < 1.29 is 14.6 Å². The van der Waals surface area contributed by atoms with Crippen LogP contribution in [-0.4, -0.2) is 28.1 Å². The lowest BCUT2D eigenvalue weighted by Crippen LogP contribution is -2.29. The third kappa shape index (κ3) is 5.01. The molecule has 2 rings (SSSR count). The van der Waals surface area contributed by atoms with E-state index in [2.05, 4.69) is 4.98 Å². The second-order valence-corrected chi connectivity index (χ2v) is 5.85. The van der Waals surface area contributed by atoms with Crippen LogP contribution < -0.4 is 4.73 Å². The van der Waals surface area contributed by atoms with Gasteiger partial charge in [0.15, 0.2) is 6.20 Å². The first-order valence-corrected chi connectivity index (χ1v) is 7.80. The van der Waals surface area contributed by atoms with Gasteiger partial charge in [0.1, 0.15) is 0 Å². The Balaban J connectivity index is 1.68. The van der Waals surface area contributed by atoms with E-state index in [1.165, 1.54) is 6.20 Å². The Hall–Kier alpha value is -1.28. The summed E-state index contributed by atoms with van der Waals surface area (Å²) in [5, 5.41) is 22.4. The molecule has 0 amide bonds. The molecule has 1 unspecified atom stereocenters. The van der Waals surface area contributed by atoms with E-state index in [1.807, 2.05) is 18.2 Å². The summed E-state index contributed by atoms with van der Waals surface area (Å²) in [6.45, 7) is 0.376. The summed E-state index contributed by atoms with van der Waals surface area (Å²) >= 11 is 2.52. The van der Waals surface area contributed by atoms with Crippen LogP contribution in [0.5, 0.6) is 0 Å². The van der Waals surface area contributed by atoms with Gasteiger partial charge in [-0.3, -0.25) is 0 Å². The van der Waals surface area contributed by atoms with E-state index in [0.717, 1.165) is 16.8 Å². The molecule has 0 radical (unpaired) electrons. The quantitative estimate of drug-likeness (QED) is 0.277. The van der Waals surface area contributed by atoms with Crippen LogP contribution >= 0.6 is 23.5 Å². The number of rotatable bonds is 7. The molecule has 0 fully saturated rings. The van der Waals surface area contributed by atoms with Crippen molar-refractivity contribution in [3.8, 4) is 0 Å². The molecule has 0 bridgehead atoms. The molecule has 20 heavy (non-hydrogen) atoms. The van der Waals surface area contributed by atoms with E-state index in [4.69, 9.17) is 4.74 Å². The Kier molecular flexibility index (Phi) is 6.13. The van der Waals surface area contributed by atoms with E-state index in [1.54, 1.807) is 36.2 Å². The molecule has 2 aromatic rings. The summed E-state index contributed by atoms with van der Waals surface area (Å²) in [5.74, 6) is 0.681. The summed E-state index contributed by atoms with van der Waals surface area (Å²) in [6.07, 6.45) is 3.11. The van der Waals surface area contributed by atoms with Gasteiger partial charge >= 0.3 is 0 Å². The van der Waals surface area contributed by atoms with Crippen molar-refractivity contribution >= 4 is 23.5 Å². The number of hydrogen-bond donors (Lipinski definition) is 1. The first-order chi connectivity index (χ1) is 9.75. The minimum Gasteiger partial charge on any atom is -0.618 e. The van der Waals surface area contributed by atoms with Gasteiger partial charge in [0.2, 0.25) is 5.62 Å². The third-order valence-corrected chi connectivity index (χ3v) is 4.04. The number of thioether (sulfide) groups is 2. The van der Waals surface area contributed by atoms with Gasteiger partial charge < -0.3 is 15.1 Å². The van der Waals surface area contributed by atoms with Crippen molar-refractivity contribution in [3.05, 3.63) is 54.0 Å². The lowest BCUT2D eigenvalue weighted by Gasteiger charge is -2.10. The molecule has 0 spiro atoms. The van der Waals surface area contributed by atoms with Crippen LogP contribution in [0.4, 0.5) is 0 Å². The fourth-order valence-corrected chi connectivity index (χ4v) is 2.76. The van der Waals surface area contributed by atoms with E-state index in [-0.39, 0.29) is 0 Å². The van der Waals surface area contributed by atoms with Gasteiger partial charge in [-0.1, -0.05) is 6.07 Å². The molecular weight excluding hydrogens is 296 g/mol. The average molecular weight is 310 g/mol. The Morgan fingerprint density at radius 1 is 1.30 bits per heavy atom. The smallest absolute Gasteiger partial charge is 0.256 e. The summed E-state index contributed by atoms with van der Waals surface area (Å²) in [7, 11) is 0. The highest BCUT2D eigenvalue weighted by atomic mass is 32.2. The van der Waals surface area contributed by atoms with Crippen LogP contribution in [0, 0.1) is 5.21 Å². The van der Waals surface area contributed by atoms with Crippen molar-refractivity contribution in [1.29, 1.82) is 0 Å². The number of aliphatic hydroxyl groups is 1. The van der Waals surface area contributed by atoms with E-state index in [0.29, 0.717) is 22.1 Å². The number of ether oxygens (including phenoxy) is 1. The minimum absolute atomic E-state index is 0.376. The largest absolute Gasteiger partial charge is 0.618 e. The molecule has 1 N–H and O–H groups in total. The van der Waals surface area contributed by atoms with Crippen molar-refractivity contribution in [2.75, 3.05) is 12.4 Å². The van der Waals surface area contributed by atoms with Crippen LogP contribution in [0.25, 0.3) is 0 Å². The van der Waals surface area contributed by atoms with Crippen LogP contribution in [0.3, 0.4) is 0 Å². The van der Waals surface area contributed by atoms with Crippen LogP contribution in [0.1, 0.15) is 0 Å². The highest BCUT2D eigenvalue weighted by Gasteiger charge is 2.12. The summed E-state index contributed by atoms with van der Waals surface area (Å²) in [6, 6.07) is 10.7. The topological polar surface area (TPSA) is 69.3 Å². The number of nitrogens with zero attached hydrogens (tertiary/aromatic N) is 2. The first kappa shape index (κ1) is 15.1. The Morgan fingerprint density at radius 3 is 2.90 bits per heavy atom. The highest BCUT2D eigenvalue weighted by molar-refractivity contribution is 7.99. The number of pyridine rings is 2. The zero-order valence-corrected chi connectivity index (χ0v) is 12.2. The molecule has 0 aromatic carbocycles. The van der Waals surface area contributed by atoms with Gasteiger partial charge in [0.05, 0.1) is 11.6 Å². The van der Waals surface area contributed by atoms with Gasteiger partial charge in [0, 0.05) is 35.8 Å². The summed E-state index contributed by atoms with van der Waals surface area (Å²) in [4.78, 5) is 4.17. The van der Waals surface area contributed by atoms with Crippen LogP contribution in [0.15, 0.2) is 58.8 Å². The van der Waals surface area contributed by atoms with Crippen LogP contribution in [-0.2, 0) is 4.74 Å². The molecule has 106 valence electrons. The number of aliphatic hydroxyl groups excluding tert-OH is 1. The Labute approximate surface area is 125 Å². The zero-order chi connectivity index (χ0) is 14.2. The molecule has 7 heteroatoms. The molecule has 0 saturated carbocycles. The van der Waals surface area contributed by atoms with Crippen LogP contribution in [0.2, 0.25) is 0 Å². The molecule has 2 heterocycles. The minimum atomic E-state index is -1.05. The lowest BCUT2D eigenvalue weighted by atomic mass is 10.5. The summed E-state index contributed by atoms with van der Waals surface area (Å²) in [5.41, 5.74) is -1.05. The lowest BCUT2D eigenvalue weighted by molar-refractivity contribution is -0.645. The molecule has 0 aliphatic rings. The maximum Gasteiger partial charge on any atom is 0.256 e. The molecule has 0 saturated heterocycles. The predicted octanol–water partition coefficient (Wildman–Crippen LogP) is 1.89. The molecule has 2 aromatic heterocycles. The van der Waals surface area contributed by atoms with Crippen molar-refractivity contribution in [2.24, 2.45) is 0 Å². The van der Waals surface area contributed by atoms with E-state index in [9.17, 15) is 10.3 Å². The molecule has 5 nitrogen and oxygen atoms in total. The zero-order valence-electron chi connectivity index (χ0n) is 10.6. The molecule has 0 aliphatic heterocycles. The standard InChI is InChI=1S/C13H14N2O3S2/c16-13(20-12-6-2-4-8-15(12)17)18-9-10-19-11-5-1-3-7-14-11/h1-8,13,16H,9-10H2. The van der Waals surface area contributed by atoms with Gasteiger partial charge in [-0.05, 0) is 18.2 Å². The number of hydrogen-bond acceptors (Lipinski definition) is 6. The van der Waals surface area contributed by atoms with Gasteiger partial charge in [-0.15, -0.1) is 11.8 Å². The SMILES string of the molecule is [O-][n+]1ccccc1SC(O)OCCSc1ccccn1.